The number of aromatic hydroxyl groups is 1. The first kappa shape index (κ1) is 24.7. The van der Waals surface area contributed by atoms with Crippen LogP contribution in [-0.2, 0) is 11.3 Å². The second-order valence-corrected chi connectivity index (χ2v) is 9.48. The zero-order valence-electron chi connectivity index (χ0n) is 20.3. The van der Waals surface area contributed by atoms with E-state index in [0.29, 0.717) is 28.9 Å². The third-order valence-electron chi connectivity index (χ3n) is 6.00. The zero-order valence-corrected chi connectivity index (χ0v) is 21.0. The van der Waals surface area contributed by atoms with Crippen molar-refractivity contribution in [3.63, 3.8) is 0 Å². The molecular formula is C25H31ClN6O3. The predicted molar refractivity (Wildman–Crippen MR) is 139 cm³/mol. The third kappa shape index (κ3) is 5.47. The minimum Gasteiger partial charge on any atom is -0.507 e. The van der Waals surface area contributed by atoms with Crippen LogP contribution in [0.5, 0.6) is 5.75 Å². The summed E-state index contributed by atoms with van der Waals surface area (Å²) in [7, 11) is 0. The number of ether oxygens (including phenoxy) is 1. The standard InChI is InChI=1S/C25H31ClN6O3/c1-13-7-17(8-14(2)22(13)33)10-28-24-21(23(27)34)25(31-30-24)29-18-5-6-20(19(26)9-18)32-11-15(3)35-16(4)12-32/h5-9,15-16,33H,10-12H2,1-4H3,(H2,27,34)(H3,28,29,30,31)/t15-,16+. The van der Waals surface area contributed by atoms with Gasteiger partial charge in [-0.25, -0.2) is 0 Å². The molecule has 186 valence electrons. The summed E-state index contributed by atoms with van der Waals surface area (Å²) >= 11 is 6.61. The number of aromatic nitrogens is 2. The Bertz CT molecular complexity index is 1210. The summed E-state index contributed by atoms with van der Waals surface area (Å²) in [6.07, 6.45) is 0.241. The topological polar surface area (TPSA) is 129 Å². The number of hydrogen-bond acceptors (Lipinski definition) is 7. The number of benzene rings is 2. The lowest BCUT2D eigenvalue weighted by Crippen LogP contribution is -2.45. The smallest absolute Gasteiger partial charge is 0.256 e. The van der Waals surface area contributed by atoms with E-state index in [1.54, 1.807) is 6.07 Å². The van der Waals surface area contributed by atoms with E-state index in [0.717, 1.165) is 35.5 Å². The first-order valence-corrected chi connectivity index (χ1v) is 11.9. The quantitative estimate of drug-likeness (QED) is 0.325. The molecule has 0 saturated carbocycles. The minimum absolute atomic E-state index is 0.120. The number of H-pyrrole nitrogens is 1. The van der Waals surface area contributed by atoms with Gasteiger partial charge in [0.25, 0.3) is 5.91 Å². The molecule has 6 N–H and O–H groups in total. The van der Waals surface area contributed by atoms with E-state index >= 15 is 0 Å². The maximum atomic E-state index is 12.3. The lowest BCUT2D eigenvalue weighted by Gasteiger charge is -2.37. The second kappa shape index (κ2) is 10.1. The summed E-state index contributed by atoms with van der Waals surface area (Å²) < 4.78 is 5.81. The fraction of sp³-hybridized carbons (Fsp3) is 0.360. The van der Waals surface area contributed by atoms with E-state index in [9.17, 15) is 9.90 Å². The summed E-state index contributed by atoms with van der Waals surface area (Å²) in [5.41, 5.74) is 10.0. The van der Waals surface area contributed by atoms with Crippen LogP contribution in [0.1, 0.15) is 40.9 Å². The van der Waals surface area contributed by atoms with Gasteiger partial charge in [-0.15, -0.1) is 0 Å². The average molecular weight is 499 g/mol. The highest BCUT2D eigenvalue weighted by Gasteiger charge is 2.24. The van der Waals surface area contributed by atoms with Crippen LogP contribution >= 0.6 is 11.6 Å². The molecule has 1 aromatic heterocycles. The number of phenolic OH excluding ortho intramolecular Hbond substituents is 1. The van der Waals surface area contributed by atoms with Gasteiger partial charge in [-0.05, 0) is 62.6 Å². The number of rotatable bonds is 7. The molecule has 0 bridgehead atoms. The Kier molecular flexibility index (Phi) is 7.09. The Labute approximate surface area is 209 Å². The third-order valence-corrected chi connectivity index (χ3v) is 6.31. The number of hydrogen-bond donors (Lipinski definition) is 5. The molecule has 2 atom stereocenters. The molecule has 1 fully saturated rings. The molecule has 10 heteroatoms. The Morgan fingerprint density at radius 2 is 1.89 bits per heavy atom. The van der Waals surface area contributed by atoms with Crippen molar-refractivity contribution in [1.82, 2.24) is 10.2 Å². The van der Waals surface area contributed by atoms with Gasteiger partial charge in [-0.2, -0.15) is 5.10 Å². The van der Waals surface area contributed by atoms with Crippen LogP contribution in [-0.4, -0.2) is 46.5 Å². The molecule has 3 aromatic rings. The lowest BCUT2D eigenvalue weighted by molar-refractivity contribution is -0.00521. The molecule has 9 nitrogen and oxygen atoms in total. The highest BCUT2D eigenvalue weighted by Crippen LogP contribution is 2.33. The van der Waals surface area contributed by atoms with Crippen molar-refractivity contribution in [2.45, 2.75) is 46.4 Å². The number of nitrogens with zero attached hydrogens (tertiary/aromatic N) is 2. The SMILES string of the molecule is Cc1cc(CNc2[nH]nc(Nc3ccc(N4C[C@@H](C)O[C@@H](C)C4)c(Cl)c3)c2C(N)=O)cc(C)c1O. The van der Waals surface area contributed by atoms with Crippen molar-refractivity contribution in [1.29, 1.82) is 0 Å². The molecule has 2 aromatic carbocycles. The fourth-order valence-corrected chi connectivity index (χ4v) is 4.79. The molecule has 0 aliphatic carbocycles. The van der Waals surface area contributed by atoms with E-state index in [2.05, 4.69) is 25.7 Å². The van der Waals surface area contributed by atoms with Crippen LogP contribution in [0.4, 0.5) is 23.0 Å². The van der Waals surface area contributed by atoms with Crippen molar-refractivity contribution >= 4 is 40.5 Å². The van der Waals surface area contributed by atoms with Gasteiger partial charge in [-0.1, -0.05) is 23.7 Å². The number of morpholine rings is 1. The van der Waals surface area contributed by atoms with Crippen LogP contribution in [0.25, 0.3) is 0 Å². The zero-order chi connectivity index (χ0) is 25.3. The Morgan fingerprint density at radius 3 is 2.49 bits per heavy atom. The average Bonchev–Trinajstić information content (AvgIpc) is 3.18. The Balaban J connectivity index is 1.51. The monoisotopic (exact) mass is 498 g/mol. The van der Waals surface area contributed by atoms with Gasteiger partial charge in [0.1, 0.15) is 17.1 Å². The van der Waals surface area contributed by atoms with Crippen molar-refractivity contribution in [2.24, 2.45) is 5.73 Å². The van der Waals surface area contributed by atoms with Crippen molar-refractivity contribution < 1.29 is 14.6 Å². The van der Waals surface area contributed by atoms with Gasteiger partial charge >= 0.3 is 0 Å². The van der Waals surface area contributed by atoms with Crippen molar-refractivity contribution in [2.75, 3.05) is 28.6 Å². The van der Waals surface area contributed by atoms with E-state index in [1.807, 2.05) is 52.0 Å². The number of nitrogens with one attached hydrogen (secondary N) is 3. The van der Waals surface area contributed by atoms with E-state index < -0.39 is 5.91 Å². The van der Waals surface area contributed by atoms with Crippen molar-refractivity contribution in [3.05, 3.63) is 57.6 Å². The highest BCUT2D eigenvalue weighted by atomic mass is 35.5. The molecule has 1 amide bonds. The van der Waals surface area contributed by atoms with Crippen LogP contribution in [0, 0.1) is 13.8 Å². The number of carbonyl (C=O) groups is 1. The largest absolute Gasteiger partial charge is 0.507 e. The first-order chi connectivity index (χ1) is 16.6. The van der Waals surface area contributed by atoms with E-state index in [1.165, 1.54) is 0 Å². The van der Waals surface area contributed by atoms with Crippen molar-refractivity contribution in [3.8, 4) is 5.75 Å². The van der Waals surface area contributed by atoms with Gasteiger partial charge in [0.15, 0.2) is 5.82 Å². The summed E-state index contributed by atoms with van der Waals surface area (Å²) in [5, 5.41) is 24.0. The molecule has 0 spiro atoms. The molecule has 35 heavy (non-hydrogen) atoms. The normalized spacial score (nSPS) is 17.9. The molecule has 4 rings (SSSR count). The number of halogens is 1. The number of aromatic amines is 1. The summed E-state index contributed by atoms with van der Waals surface area (Å²) in [6.45, 7) is 9.72. The molecule has 2 heterocycles. The first-order valence-electron chi connectivity index (χ1n) is 11.5. The molecular weight excluding hydrogens is 468 g/mol. The molecule has 0 unspecified atom stereocenters. The number of amides is 1. The maximum absolute atomic E-state index is 12.3. The summed E-state index contributed by atoms with van der Waals surface area (Å²) in [5.74, 6) is 0.362. The van der Waals surface area contributed by atoms with E-state index in [-0.39, 0.29) is 23.5 Å². The molecule has 0 radical (unpaired) electrons. The maximum Gasteiger partial charge on any atom is 0.256 e. The highest BCUT2D eigenvalue weighted by molar-refractivity contribution is 6.33. The van der Waals surface area contributed by atoms with Crippen LogP contribution in [0.15, 0.2) is 30.3 Å². The Morgan fingerprint density at radius 1 is 1.23 bits per heavy atom. The van der Waals surface area contributed by atoms with Crippen LogP contribution in [0.2, 0.25) is 5.02 Å². The van der Waals surface area contributed by atoms with E-state index in [4.69, 9.17) is 22.1 Å². The number of anilines is 4. The van der Waals surface area contributed by atoms with Gasteiger partial charge in [-0.3, -0.25) is 9.89 Å². The molecule has 1 saturated heterocycles. The van der Waals surface area contributed by atoms with Gasteiger partial charge in [0.05, 0.1) is 22.9 Å². The van der Waals surface area contributed by atoms with Gasteiger partial charge in [0, 0.05) is 25.3 Å². The number of carbonyl (C=O) groups excluding carboxylic acids is 1. The number of phenols is 1. The minimum atomic E-state index is -0.624. The fourth-order valence-electron chi connectivity index (χ4n) is 4.49. The number of primary amides is 1. The summed E-state index contributed by atoms with van der Waals surface area (Å²) in [6, 6.07) is 9.40. The lowest BCUT2D eigenvalue weighted by atomic mass is 10.1. The van der Waals surface area contributed by atoms with Crippen LogP contribution < -0.4 is 21.3 Å². The van der Waals surface area contributed by atoms with Gasteiger partial charge < -0.3 is 31.1 Å². The molecule has 1 aliphatic rings. The second-order valence-electron chi connectivity index (χ2n) is 9.07. The van der Waals surface area contributed by atoms with Crippen LogP contribution in [0.3, 0.4) is 0 Å². The molecule has 1 aliphatic heterocycles. The predicted octanol–water partition coefficient (Wildman–Crippen LogP) is 4.45. The number of nitrogens with two attached hydrogens (primary N) is 1. The Hall–Kier alpha value is -3.43. The number of aryl methyl sites for hydroxylation is 2. The van der Waals surface area contributed by atoms with Gasteiger partial charge in [0.2, 0.25) is 0 Å². The summed E-state index contributed by atoms with van der Waals surface area (Å²) in [4.78, 5) is 14.5.